The third-order valence-corrected chi connectivity index (χ3v) is 3.47. The predicted molar refractivity (Wildman–Crippen MR) is 73.9 cm³/mol. The second-order valence-electron chi connectivity index (χ2n) is 3.92. The number of aromatic nitrogens is 1. The minimum absolute atomic E-state index is 0.129. The third-order valence-electron chi connectivity index (χ3n) is 2.40. The number of carbonyl (C=O) groups is 1. The summed E-state index contributed by atoms with van der Waals surface area (Å²) in [5.74, 6) is -0.583. The SMILES string of the molecule is CCOC(=O)c1c(NS(=O)(=O)NCCOC)c[nH]c1C. The van der Waals surface area contributed by atoms with E-state index in [1.54, 1.807) is 13.8 Å². The van der Waals surface area contributed by atoms with Crippen molar-refractivity contribution in [3.8, 4) is 0 Å². The zero-order chi connectivity index (χ0) is 15.2. The van der Waals surface area contributed by atoms with E-state index < -0.39 is 16.2 Å². The van der Waals surface area contributed by atoms with Gasteiger partial charge in [0.15, 0.2) is 0 Å². The van der Waals surface area contributed by atoms with Crippen molar-refractivity contribution in [3.05, 3.63) is 17.5 Å². The van der Waals surface area contributed by atoms with Gasteiger partial charge in [-0.25, -0.2) is 4.79 Å². The van der Waals surface area contributed by atoms with Crippen LogP contribution in [-0.2, 0) is 19.7 Å². The summed E-state index contributed by atoms with van der Waals surface area (Å²) in [5.41, 5.74) is 0.841. The molecule has 1 rings (SSSR count). The molecule has 0 amide bonds. The highest BCUT2D eigenvalue weighted by atomic mass is 32.2. The molecule has 1 aromatic rings. The maximum absolute atomic E-state index is 11.8. The lowest BCUT2D eigenvalue weighted by Gasteiger charge is -2.09. The molecule has 0 aliphatic rings. The van der Waals surface area contributed by atoms with Gasteiger partial charge in [0.2, 0.25) is 0 Å². The molecule has 0 fully saturated rings. The van der Waals surface area contributed by atoms with E-state index in [9.17, 15) is 13.2 Å². The van der Waals surface area contributed by atoms with Gasteiger partial charge >= 0.3 is 5.97 Å². The topological polar surface area (TPSA) is 110 Å². The molecule has 0 saturated carbocycles. The fourth-order valence-corrected chi connectivity index (χ4v) is 2.41. The van der Waals surface area contributed by atoms with E-state index in [4.69, 9.17) is 9.47 Å². The van der Waals surface area contributed by atoms with E-state index >= 15 is 0 Å². The summed E-state index contributed by atoms with van der Waals surface area (Å²) >= 11 is 0. The molecular weight excluding hydrogens is 286 g/mol. The number of nitrogens with one attached hydrogen (secondary N) is 3. The monoisotopic (exact) mass is 305 g/mol. The number of anilines is 1. The van der Waals surface area contributed by atoms with Crippen LogP contribution in [0.15, 0.2) is 6.20 Å². The number of ether oxygens (including phenoxy) is 2. The zero-order valence-corrected chi connectivity index (χ0v) is 12.5. The van der Waals surface area contributed by atoms with Crippen LogP contribution in [0.2, 0.25) is 0 Å². The van der Waals surface area contributed by atoms with E-state index in [2.05, 4.69) is 14.4 Å². The lowest BCUT2D eigenvalue weighted by atomic mass is 10.2. The Hall–Kier alpha value is -1.58. The first-order valence-corrected chi connectivity index (χ1v) is 7.51. The van der Waals surface area contributed by atoms with Crippen LogP contribution < -0.4 is 9.44 Å². The normalized spacial score (nSPS) is 11.3. The maximum atomic E-state index is 11.8. The van der Waals surface area contributed by atoms with Crippen LogP contribution in [0.3, 0.4) is 0 Å². The van der Waals surface area contributed by atoms with E-state index in [1.165, 1.54) is 13.3 Å². The number of aryl methyl sites for hydroxylation is 1. The predicted octanol–water partition coefficient (Wildman–Crippen LogP) is 0.393. The number of aromatic amines is 1. The summed E-state index contributed by atoms with van der Waals surface area (Å²) in [4.78, 5) is 14.6. The Bertz CT molecular complexity index is 552. The smallest absolute Gasteiger partial charge is 0.342 e. The first-order chi connectivity index (χ1) is 9.41. The van der Waals surface area contributed by atoms with Gasteiger partial charge in [0.1, 0.15) is 5.56 Å². The molecule has 3 N–H and O–H groups in total. The molecule has 0 spiro atoms. The number of H-pyrrole nitrogens is 1. The van der Waals surface area contributed by atoms with Gasteiger partial charge < -0.3 is 14.5 Å². The molecule has 20 heavy (non-hydrogen) atoms. The van der Waals surface area contributed by atoms with Crippen molar-refractivity contribution in [2.75, 3.05) is 31.6 Å². The number of hydrogen-bond donors (Lipinski definition) is 3. The molecule has 0 aromatic carbocycles. The largest absolute Gasteiger partial charge is 0.462 e. The summed E-state index contributed by atoms with van der Waals surface area (Å²) in [6.45, 7) is 3.92. The molecule has 9 heteroatoms. The summed E-state index contributed by atoms with van der Waals surface area (Å²) in [5, 5.41) is 0. The first kappa shape index (κ1) is 16.5. The Morgan fingerprint density at radius 1 is 1.45 bits per heavy atom. The Labute approximate surface area is 118 Å². The van der Waals surface area contributed by atoms with Crippen molar-refractivity contribution in [1.82, 2.24) is 9.71 Å². The van der Waals surface area contributed by atoms with Crippen molar-refractivity contribution < 1.29 is 22.7 Å². The van der Waals surface area contributed by atoms with Crippen molar-refractivity contribution >= 4 is 21.9 Å². The highest BCUT2D eigenvalue weighted by molar-refractivity contribution is 7.90. The second-order valence-corrected chi connectivity index (χ2v) is 5.42. The van der Waals surface area contributed by atoms with Gasteiger partial charge in [-0.1, -0.05) is 0 Å². The second kappa shape index (κ2) is 7.27. The van der Waals surface area contributed by atoms with Gasteiger partial charge in [-0.15, -0.1) is 0 Å². The number of hydrogen-bond acceptors (Lipinski definition) is 5. The lowest BCUT2D eigenvalue weighted by molar-refractivity contribution is 0.0527. The molecule has 0 saturated heterocycles. The average Bonchev–Trinajstić information content (AvgIpc) is 2.70. The Morgan fingerprint density at radius 2 is 2.15 bits per heavy atom. The number of carbonyl (C=O) groups excluding carboxylic acids is 1. The van der Waals surface area contributed by atoms with Gasteiger partial charge in [-0.3, -0.25) is 4.72 Å². The third kappa shape index (κ3) is 4.51. The Kier molecular flexibility index (Phi) is 5.99. The highest BCUT2D eigenvalue weighted by Crippen LogP contribution is 2.21. The van der Waals surface area contributed by atoms with Gasteiger partial charge in [0, 0.05) is 25.5 Å². The van der Waals surface area contributed by atoms with Crippen molar-refractivity contribution in [2.24, 2.45) is 0 Å². The van der Waals surface area contributed by atoms with Gasteiger partial charge in [-0.05, 0) is 13.8 Å². The summed E-state index contributed by atoms with van der Waals surface area (Å²) < 4.78 is 37.7. The van der Waals surface area contributed by atoms with E-state index in [0.29, 0.717) is 5.69 Å². The molecule has 114 valence electrons. The van der Waals surface area contributed by atoms with Crippen molar-refractivity contribution in [3.63, 3.8) is 0 Å². The molecule has 1 heterocycles. The molecular formula is C11H19N3O5S. The van der Waals surface area contributed by atoms with Crippen LogP contribution in [0.25, 0.3) is 0 Å². The van der Waals surface area contributed by atoms with Crippen molar-refractivity contribution in [2.45, 2.75) is 13.8 Å². The summed E-state index contributed by atoms with van der Waals surface area (Å²) in [6, 6.07) is 0. The molecule has 0 aliphatic carbocycles. The fourth-order valence-electron chi connectivity index (χ4n) is 1.53. The molecule has 8 nitrogen and oxygen atoms in total. The number of esters is 1. The van der Waals surface area contributed by atoms with Crippen LogP contribution in [0.4, 0.5) is 5.69 Å². The van der Waals surface area contributed by atoms with E-state index in [0.717, 1.165) is 0 Å². The van der Waals surface area contributed by atoms with E-state index in [-0.39, 0.29) is 31.0 Å². The summed E-state index contributed by atoms with van der Waals surface area (Å²) in [7, 11) is -2.30. The molecule has 0 aliphatic heterocycles. The zero-order valence-electron chi connectivity index (χ0n) is 11.6. The van der Waals surface area contributed by atoms with Crippen LogP contribution in [0.1, 0.15) is 23.0 Å². The van der Waals surface area contributed by atoms with Crippen LogP contribution >= 0.6 is 0 Å². The number of rotatable bonds is 8. The molecule has 1 aromatic heterocycles. The first-order valence-electron chi connectivity index (χ1n) is 6.02. The minimum atomic E-state index is -3.77. The average molecular weight is 305 g/mol. The van der Waals surface area contributed by atoms with Gasteiger partial charge in [0.25, 0.3) is 10.2 Å². The minimum Gasteiger partial charge on any atom is -0.462 e. The van der Waals surface area contributed by atoms with Crippen LogP contribution in [-0.4, -0.2) is 46.2 Å². The van der Waals surface area contributed by atoms with Crippen LogP contribution in [0.5, 0.6) is 0 Å². The number of methoxy groups -OCH3 is 1. The molecule has 0 atom stereocenters. The highest BCUT2D eigenvalue weighted by Gasteiger charge is 2.21. The van der Waals surface area contributed by atoms with Gasteiger partial charge in [0.05, 0.1) is 18.9 Å². The van der Waals surface area contributed by atoms with E-state index in [1.807, 2.05) is 0 Å². The standard InChI is InChI=1S/C11H19N3O5S/c1-4-19-11(15)10-8(2)12-7-9(10)14-20(16,17)13-5-6-18-3/h7,12-14H,4-6H2,1-3H3. The maximum Gasteiger partial charge on any atom is 0.342 e. The van der Waals surface area contributed by atoms with Gasteiger partial charge in [-0.2, -0.15) is 13.1 Å². The van der Waals surface area contributed by atoms with Crippen molar-refractivity contribution in [1.29, 1.82) is 0 Å². The quantitative estimate of drug-likeness (QED) is 0.475. The fraction of sp³-hybridized carbons (Fsp3) is 0.545. The van der Waals surface area contributed by atoms with Crippen LogP contribution in [0, 0.1) is 6.92 Å². The molecule has 0 bridgehead atoms. The molecule has 0 unspecified atom stereocenters. The summed E-state index contributed by atoms with van der Waals surface area (Å²) in [6.07, 6.45) is 1.40. The Balaban J connectivity index is 2.85. The Morgan fingerprint density at radius 3 is 2.75 bits per heavy atom. The molecule has 0 radical (unpaired) electrons. The lowest BCUT2D eigenvalue weighted by Crippen LogP contribution is -2.33.